The lowest BCUT2D eigenvalue weighted by atomic mass is 10.1. The van der Waals surface area contributed by atoms with Gasteiger partial charge in [-0.05, 0) is 48.1 Å². The predicted molar refractivity (Wildman–Crippen MR) is 108 cm³/mol. The summed E-state index contributed by atoms with van der Waals surface area (Å²) >= 11 is 1.67. The van der Waals surface area contributed by atoms with Crippen molar-refractivity contribution in [3.8, 4) is 0 Å². The largest absolute Gasteiger partial charge is 0.337 e. The summed E-state index contributed by atoms with van der Waals surface area (Å²) in [6, 6.07) is 8.33. The lowest BCUT2D eigenvalue weighted by Crippen LogP contribution is -2.35. The predicted octanol–water partition coefficient (Wildman–Crippen LogP) is 2.09. The van der Waals surface area contributed by atoms with E-state index in [0.29, 0.717) is 31.7 Å². The van der Waals surface area contributed by atoms with Crippen molar-refractivity contribution in [2.45, 2.75) is 30.3 Å². The molecule has 1 atom stereocenters. The molecule has 0 saturated carbocycles. The van der Waals surface area contributed by atoms with Gasteiger partial charge in [0.05, 0.1) is 4.90 Å². The maximum absolute atomic E-state index is 13.1. The molecule has 0 spiro atoms. The first-order valence-electron chi connectivity index (χ1n) is 8.65. The first kappa shape index (κ1) is 20.3. The Kier molecular flexibility index (Phi) is 5.93. The molecule has 2 N–H and O–H groups in total. The number of likely N-dealkylation sites (tertiary alicyclic amines) is 1. The van der Waals surface area contributed by atoms with Crippen molar-refractivity contribution in [3.63, 3.8) is 0 Å². The van der Waals surface area contributed by atoms with Crippen molar-refractivity contribution in [3.05, 3.63) is 51.7 Å². The van der Waals surface area contributed by atoms with Crippen LogP contribution < -0.4 is 5.73 Å². The van der Waals surface area contributed by atoms with Crippen LogP contribution in [-0.2, 0) is 23.0 Å². The smallest absolute Gasteiger partial charge is 0.253 e. The van der Waals surface area contributed by atoms with Crippen LogP contribution >= 0.6 is 23.7 Å². The van der Waals surface area contributed by atoms with Gasteiger partial charge in [0.1, 0.15) is 0 Å². The second kappa shape index (κ2) is 7.89. The molecule has 9 heteroatoms. The van der Waals surface area contributed by atoms with Gasteiger partial charge in [0, 0.05) is 42.7 Å². The molecule has 2 aromatic rings. The Morgan fingerprint density at radius 3 is 2.78 bits per heavy atom. The number of nitrogens with two attached hydrogens (primary N) is 1. The van der Waals surface area contributed by atoms with E-state index >= 15 is 0 Å². The molecular formula is C18H22ClN3O3S2. The zero-order valence-corrected chi connectivity index (χ0v) is 17.2. The zero-order valence-electron chi connectivity index (χ0n) is 14.7. The summed E-state index contributed by atoms with van der Waals surface area (Å²) in [6.45, 7) is 1.99. The van der Waals surface area contributed by atoms with E-state index < -0.39 is 10.0 Å². The molecule has 3 heterocycles. The van der Waals surface area contributed by atoms with Gasteiger partial charge >= 0.3 is 0 Å². The van der Waals surface area contributed by atoms with Crippen LogP contribution in [0.3, 0.4) is 0 Å². The molecule has 1 saturated heterocycles. The Morgan fingerprint density at radius 1 is 1.22 bits per heavy atom. The normalized spacial score (nSPS) is 20.2. The van der Waals surface area contributed by atoms with Crippen LogP contribution in [0.15, 0.2) is 40.6 Å². The molecule has 0 radical (unpaired) electrons. The maximum atomic E-state index is 13.1. The highest BCUT2D eigenvalue weighted by atomic mass is 35.5. The summed E-state index contributed by atoms with van der Waals surface area (Å²) in [5, 5.41) is 2.00. The molecule has 4 rings (SSSR count). The molecule has 1 amide bonds. The zero-order chi connectivity index (χ0) is 18.3. The van der Waals surface area contributed by atoms with Crippen LogP contribution in [0.25, 0.3) is 0 Å². The number of hydrogen-bond donors (Lipinski definition) is 1. The minimum Gasteiger partial charge on any atom is -0.337 e. The third kappa shape index (κ3) is 3.90. The van der Waals surface area contributed by atoms with E-state index in [4.69, 9.17) is 5.73 Å². The highest BCUT2D eigenvalue weighted by molar-refractivity contribution is 7.89. The molecule has 2 aliphatic rings. The molecule has 0 bridgehead atoms. The van der Waals surface area contributed by atoms with Gasteiger partial charge in [0.25, 0.3) is 5.91 Å². The number of nitrogens with zero attached hydrogens (tertiary/aromatic N) is 2. The van der Waals surface area contributed by atoms with Crippen molar-refractivity contribution in [1.29, 1.82) is 0 Å². The Morgan fingerprint density at radius 2 is 2.04 bits per heavy atom. The number of halogens is 1. The van der Waals surface area contributed by atoms with E-state index in [1.54, 1.807) is 34.4 Å². The topological polar surface area (TPSA) is 83.7 Å². The summed E-state index contributed by atoms with van der Waals surface area (Å²) in [5.41, 5.74) is 7.34. The molecule has 6 nitrogen and oxygen atoms in total. The minimum atomic E-state index is -3.63. The Bertz CT molecular complexity index is 945. The second-order valence-corrected chi connectivity index (χ2v) is 9.72. The molecule has 0 aliphatic carbocycles. The van der Waals surface area contributed by atoms with E-state index in [-0.39, 0.29) is 29.3 Å². The fraction of sp³-hybridized carbons (Fsp3) is 0.389. The maximum Gasteiger partial charge on any atom is 0.253 e. The van der Waals surface area contributed by atoms with Gasteiger partial charge in [-0.3, -0.25) is 4.79 Å². The van der Waals surface area contributed by atoms with Crippen molar-refractivity contribution in [1.82, 2.24) is 9.21 Å². The van der Waals surface area contributed by atoms with Crippen molar-refractivity contribution in [2.75, 3.05) is 19.6 Å². The molecule has 146 valence electrons. The highest BCUT2D eigenvalue weighted by Crippen LogP contribution is 2.28. The van der Waals surface area contributed by atoms with Crippen molar-refractivity contribution < 1.29 is 13.2 Å². The highest BCUT2D eigenvalue weighted by Gasteiger charge is 2.30. The first-order chi connectivity index (χ1) is 12.4. The van der Waals surface area contributed by atoms with Crippen molar-refractivity contribution >= 4 is 39.7 Å². The number of sulfonamides is 1. The van der Waals surface area contributed by atoms with E-state index in [2.05, 4.69) is 0 Å². The fourth-order valence-electron chi connectivity index (χ4n) is 3.52. The summed E-state index contributed by atoms with van der Waals surface area (Å²) in [4.78, 5) is 15.8. The Labute approximate surface area is 169 Å². The average Bonchev–Trinajstić information content (AvgIpc) is 3.29. The van der Waals surface area contributed by atoms with Gasteiger partial charge in [-0.2, -0.15) is 4.31 Å². The molecule has 1 fully saturated rings. The van der Waals surface area contributed by atoms with E-state index in [1.165, 1.54) is 15.2 Å². The van der Waals surface area contributed by atoms with Gasteiger partial charge in [0.2, 0.25) is 10.0 Å². The molecule has 1 aromatic heterocycles. The van der Waals surface area contributed by atoms with E-state index in [0.717, 1.165) is 18.4 Å². The van der Waals surface area contributed by atoms with Gasteiger partial charge < -0.3 is 10.6 Å². The summed E-state index contributed by atoms with van der Waals surface area (Å²) in [5.74, 6) is -0.159. The average molecular weight is 428 g/mol. The molecule has 2 aliphatic heterocycles. The lowest BCUT2D eigenvalue weighted by Gasteiger charge is -2.26. The minimum absolute atomic E-state index is 0. The summed E-state index contributed by atoms with van der Waals surface area (Å²) in [7, 11) is -3.63. The second-order valence-electron chi connectivity index (χ2n) is 6.79. The van der Waals surface area contributed by atoms with Gasteiger partial charge in [-0.1, -0.05) is 6.07 Å². The van der Waals surface area contributed by atoms with Crippen LogP contribution in [0.1, 0.15) is 27.2 Å². The summed E-state index contributed by atoms with van der Waals surface area (Å²) < 4.78 is 27.6. The van der Waals surface area contributed by atoms with Gasteiger partial charge in [-0.25, -0.2) is 8.42 Å². The number of rotatable bonds is 3. The first-order valence-corrected chi connectivity index (χ1v) is 11.0. The molecular weight excluding hydrogens is 406 g/mol. The number of fused-ring (bicyclic) bond motifs is 1. The molecule has 27 heavy (non-hydrogen) atoms. The number of carbonyl (C=O) groups excluding carboxylic acids is 1. The Hall–Kier alpha value is -1.45. The van der Waals surface area contributed by atoms with E-state index in [9.17, 15) is 13.2 Å². The number of carbonyl (C=O) groups is 1. The number of thiophene rings is 1. The fourth-order valence-corrected chi connectivity index (χ4v) is 5.88. The number of benzene rings is 1. The van der Waals surface area contributed by atoms with Gasteiger partial charge in [-0.15, -0.1) is 23.7 Å². The number of hydrogen-bond acceptors (Lipinski definition) is 5. The van der Waals surface area contributed by atoms with Crippen LogP contribution in [0.2, 0.25) is 0 Å². The quantitative estimate of drug-likeness (QED) is 0.812. The Balaban J connectivity index is 0.00000210. The lowest BCUT2D eigenvalue weighted by molar-refractivity contribution is 0.0790. The number of amides is 1. The monoisotopic (exact) mass is 427 g/mol. The third-order valence-electron chi connectivity index (χ3n) is 5.00. The SMILES string of the molecule is Cl.N[C@H]1CCN(C(=O)c2cccc(S(=O)(=O)N3CCc4sccc4C3)c2)C1. The third-order valence-corrected chi connectivity index (χ3v) is 7.87. The molecule has 1 aromatic carbocycles. The van der Waals surface area contributed by atoms with Crippen LogP contribution in [0.4, 0.5) is 0 Å². The van der Waals surface area contributed by atoms with Crippen LogP contribution in [0, 0.1) is 0 Å². The van der Waals surface area contributed by atoms with Crippen LogP contribution in [-0.4, -0.2) is 49.2 Å². The standard InChI is InChI=1S/C18H21N3O3S2.ClH/c19-15-4-7-20(12-15)18(22)13-2-1-3-16(10-13)26(23,24)21-8-5-17-14(11-21)6-9-25-17;/h1-3,6,9-10,15H,4-5,7-8,11-12,19H2;1H/t15-;/m0./s1. The van der Waals surface area contributed by atoms with Crippen LogP contribution in [0.5, 0.6) is 0 Å². The van der Waals surface area contributed by atoms with Crippen molar-refractivity contribution in [2.24, 2.45) is 5.73 Å². The van der Waals surface area contributed by atoms with Gasteiger partial charge in [0.15, 0.2) is 0 Å². The summed E-state index contributed by atoms with van der Waals surface area (Å²) in [6.07, 6.45) is 1.51. The molecule has 0 unspecified atom stereocenters. The van der Waals surface area contributed by atoms with E-state index in [1.807, 2.05) is 11.4 Å².